The third-order valence-electron chi connectivity index (χ3n) is 8.26. The van der Waals surface area contributed by atoms with Crippen LogP contribution < -0.4 is 25.2 Å². The first-order valence-electron chi connectivity index (χ1n) is 15.1. The van der Waals surface area contributed by atoms with E-state index in [1.165, 1.54) is 15.6 Å². The average Bonchev–Trinajstić information content (AvgIpc) is 3.56. The number of ether oxygens (including phenoxy) is 1. The van der Waals surface area contributed by atoms with E-state index in [0.29, 0.717) is 23.3 Å². The van der Waals surface area contributed by atoms with Crippen molar-refractivity contribution in [2.24, 2.45) is 0 Å². The minimum atomic E-state index is -1.39. The number of hydrogen-bond donors (Lipinski definition) is 0. The van der Waals surface area contributed by atoms with Gasteiger partial charge in [0, 0.05) is 36.6 Å². The van der Waals surface area contributed by atoms with Crippen LogP contribution in [0.3, 0.4) is 0 Å². The molecule has 0 saturated heterocycles. The van der Waals surface area contributed by atoms with E-state index in [-0.39, 0.29) is 19.5 Å². The maximum Gasteiger partial charge on any atom is 0.309 e. The van der Waals surface area contributed by atoms with Gasteiger partial charge in [-0.1, -0.05) is 120 Å². The summed E-state index contributed by atoms with van der Waals surface area (Å²) >= 11 is 0. The molecule has 1 aliphatic heterocycles. The van der Waals surface area contributed by atoms with Gasteiger partial charge >= 0.3 is 6.01 Å². The van der Waals surface area contributed by atoms with Crippen molar-refractivity contribution in [2.45, 2.75) is 0 Å². The first-order chi connectivity index (χ1) is 22.8. The molecule has 4 heterocycles. The number of rotatable bonds is 5. The molecule has 219 valence electrons. The molecule has 0 spiro atoms. The standard InChI is InChI=1S/C39H25N4O2Si.Zn/c1-3-14-27(15-4-1)46(28-16-5-2-6-17-28)35-23-12-22-33-37(35)42-39(45-33)43-31-20-7-8-21-32(31)44-34-25-26-13-11-18-29(36(26)41-38(34)43)30-19-9-10-24-40-30;/h1-25H;. The summed E-state index contributed by atoms with van der Waals surface area (Å²) in [6.07, 6.45) is 1.80. The quantitative estimate of drug-likeness (QED) is 0.139. The molecule has 8 heteroatoms. The van der Waals surface area contributed by atoms with Crippen LogP contribution in [0.2, 0.25) is 0 Å². The summed E-state index contributed by atoms with van der Waals surface area (Å²) in [4.78, 5) is 17.1. The molecular weight excluding hydrogens is 650 g/mol. The van der Waals surface area contributed by atoms with Gasteiger partial charge in [0.15, 0.2) is 31.7 Å². The van der Waals surface area contributed by atoms with Crippen molar-refractivity contribution in [3.8, 4) is 22.8 Å². The second-order valence-electron chi connectivity index (χ2n) is 11.1. The molecule has 0 saturated carbocycles. The third-order valence-corrected chi connectivity index (χ3v) is 11.0. The van der Waals surface area contributed by atoms with Crippen LogP contribution in [-0.2, 0) is 19.5 Å². The number of anilines is 3. The minimum absolute atomic E-state index is 0. The number of fused-ring (bicyclic) bond motifs is 4. The van der Waals surface area contributed by atoms with Gasteiger partial charge in [-0.05, 0) is 41.6 Å². The van der Waals surface area contributed by atoms with E-state index >= 15 is 0 Å². The van der Waals surface area contributed by atoms with Crippen molar-refractivity contribution < 1.29 is 28.6 Å². The van der Waals surface area contributed by atoms with E-state index in [9.17, 15) is 0 Å². The molecule has 0 unspecified atom stereocenters. The molecule has 6 nitrogen and oxygen atoms in total. The van der Waals surface area contributed by atoms with Crippen molar-refractivity contribution in [1.82, 2.24) is 15.0 Å². The first kappa shape index (κ1) is 29.0. The third kappa shape index (κ3) is 5.03. The molecule has 0 N–H and O–H groups in total. The van der Waals surface area contributed by atoms with Gasteiger partial charge in [0.05, 0.1) is 16.9 Å². The molecule has 0 fully saturated rings. The summed E-state index contributed by atoms with van der Waals surface area (Å²) in [6.45, 7) is 0. The number of para-hydroxylation sites is 4. The van der Waals surface area contributed by atoms with Gasteiger partial charge in [-0.2, -0.15) is 4.98 Å². The Hall–Kier alpha value is -5.43. The Balaban J connectivity index is 0.00000324. The van der Waals surface area contributed by atoms with Crippen LogP contribution in [0.5, 0.6) is 11.5 Å². The van der Waals surface area contributed by atoms with E-state index in [0.717, 1.165) is 38.9 Å². The van der Waals surface area contributed by atoms with E-state index in [2.05, 4.69) is 83.8 Å². The monoisotopic (exact) mass is 673 g/mol. The smallest absolute Gasteiger partial charge is 0.309 e. The second-order valence-corrected chi connectivity index (χ2v) is 13.5. The van der Waals surface area contributed by atoms with E-state index < -0.39 is 8.80 Å². The minimum Gasteiger partial charge on any atom is -0.451 e. The SMILES string of the molecule is [Zn].c1ccc([Si](c2ccccc2)c2cccc3oc(N4c5ccccc5Oc5cc6cccc(-c7ccccn7)c6nc54)nc23)cc1. The molecule has 0 amide bonds. The molecule has 3 aromatic heterocycles. The van der Waals surface area contributed by atoms with Crippen LogP contribution in [0.4, 0.5) is 17.5 Å². The second kappa shape index (κ2) is 12.1. The zero-order valence-corrected chi connectivity index (χ0v) is 29.2. The van der Waals surface area contributed by atoms with Crippen molar-refractivity contribution in [3.63, 3.8) is 0 Å². The Morgan fingerprint density at radius 3 is 2.09 bits per heavy atom. The van der Waals surface area contributed by atoms with Gasteiger partial charge in [0.1, 0.15) is 5.52 Å². The summed E-state index contributed by atoms with van der Waals surface area (Å²) in [6, 6.07) is 50.1. The van der Waals surface area contributed by atoms with Crippen LogP contribution in [0.1, 0.15) is 0 Å². The van der Waals surface area contributed by atoms with Crippen molar-refractivity contribution in [2.75, 3.05) is 4.90 Å². The zero-order valence-electron chi connectivity index (χ0n) is 25.2. The molecule has 1 radical (unpaired) electrons. The first-order valence-corrected chi connectivity index (χ1v) is 16.6. The Morgan fingerprint density at radius 1 is 0.596 bits per heavy atom. The van der Waals surface area contributed by atoms with Gasteiger partial charge in [-0.15, -0.1) is 0 Å². The zero-order chi connectivity index (χ0) is 30.5. The fourth-order valence-electron chi connectivity index (χ4n) is 6.21. The number of benzene rings is 5. The molecule has 47 heavy (non-hydrogen) atoms. The van der Waals surface area contributed by atoms with Gasteiger partial charge in [-0.3, -0.25) is 4.98 Å². The van der Waals surface area contributed by atoms with Crippen molar-refractivity contribution in [3.05, 3.63) is 152 Å². The number of hydrogen-bond acceptors (Lipinski definition) is 6. The largest absolute Gasteiger partial charge is 0.451 e. The molecule has 5 aromatic carbocycles. The van der Waals surface area contributed by atoms with E-state index in [1.807, 2.05) is 71.6 Å². The van der Waals surface area contributed by atoms with Crippen molar-refractivity contribution in [1.29, 1.82) is 0 Å². The van der Waals surface area contributed by atoms with E-state index in [1.54, 1.807) is 6.20 Å². The number of nitrogens with zero attached hydrogens (tertiary/aromatic N) is 4. The van der Waals surface area contributed by atoms with Crippen LogP contribution in [0.25, 0.3) is 33.3 Å². The Bertz CT molecular complexity index is 2330. The van der Waals surface area contributed by atoms with Crippen molar-refractivity contribution >= 4 is 63.9 Å². The van der Waals surface area contributed by atoms with Gasteiger partial charge < -0.3 is 9.15 Å². The maximum absolute atomic E-state index is 6.63. The predicted molar refractivity (Wildman–Crippen MR) is 185 cm³/mol. The molecule has 0 aliphatic carbocycles. The topological polar surface area (TPSA) is 64.3 Å². The van der Waals surface area contributed by atoms with E-state index in [4.69, 9.17) is 19.1 Å². The molecular formula is C39H25N4O2SiZn. The Labute approximate surface area is 285 Å². The average molecular weight is 675 g/mol. The molecule has 9 rings (SSSR count). The summed E-state index contributed by atoms with van der Waals surface area (Å²) < 4.78 is 13.1. The van der Waals surface area contributed by atoms with Gasteiger partial charge in [0.2, 0.25) is 0 Å². The van der Waals surface area contributed by atoms with Gasteiger partial charge in [-0.25, -0.2) is 9.88 Å². The van der Waals surface area contributed by atoms with Crippen LogP contribution >= 0.6 is 0 Å². The maximum atomic E-state index is 6.63. The molecule has 0 atom stereocenters. The van der Waals surface area contributed by atoms with Crippen LogP contribution in [0, 0.1) is 0 Å². The fraction of sp³-hybridized carbons (Fsp3) is 0. The molecule has 8 aromatic rings. The number of oxazole rings is 1. The summed E-state index contributed by atoms with van der Waals surface area (Å²) in [5.41, 5.74) is 5.00. The number of pyridine rings is 2. The summed E-state index contributed by atoms with van der Waals surface area (Å²) in [5.74, 6) is 1.95. The Kier molecular flexibility index (Phi) is 7.44. The van der Waals surface area contributed by atoms with Crippen LogP contribution in [-0.4, -0.2) is 23.7 Å². The molecule has 0 bridgehead atoms. The number of aromatic nitrogens is 3. The normalized spacial score (nSPS) is 12.0. The summed E-state index contributed by atoms with van der Waals surface area (Å²) in [5, 5.41) is 4.70. The fourth-order valence-corrected chi connectivity index (χ4v) is 8.90. The van der Waals surface area contributed by atoms with Gasteiger partial charge in [0.25, 0.3) is 0 Å². The van der Waals surface area contributed by atoms with Crippen LogP contribution in [0.15, 0.2) is 156 Å². The Morgan fingerprint density at radius 2 is 1.32 bits per heavy atom. The molecule has 1 aliphatic rings. The summed E-state index contributed by atoms with van der Waals surface area (Å²) in [7, 11) is -1.39. The predicted octanol–water partition coefficient (Wildman–Crippen LogP) is 7.53.